The molecule has 0 amide bonds. The fourth-order valence-corrected chi connectivity index (χ4v) is 7.67. The van der Waals surface area contributed by atoms with Gasteiger partial charge in [0, 0.05) is 18.7 Å². The van der Waals surface area contributed by atoms with Gasteiger partial charge in [-0.3, -0.25) is 0 Å². The highest BCUT2D eigenvalue weighted by Crippen LogP contribution is 2.41. The Morgan fingerprint density at radius 1 is 1.19 bits per heavy atom. The van der Waals surface area contributed by atoms with Crippen LogP contribution in [-0.2, 0) is 4.43 Å². The van der Waals surface area contributed by atoms with Crippen molar-refractivity contribution in [2.75, 3.05) is 13.1 Å². The van der Waals surface area contributed by atoms with Crippen LogP contribution in [0.25, 0.3) is 0 Å². The van der Waals surface area contributed by atoms with Gasteiger partial charge >= 0.3 is 0 Å². The molecule has 26 heavy (non-hydrogen) atoms. The van der Waals surface area contributed by atoms with Crippen molar-refractivity contribution in [2.24, 2.45) is 0 Å². The molecule has 0 radical (unpaired) electrons. The summed E-state index contributed by atoms with van der Waals surface area (Å²) in [5.74, 6) is -0.477. The van der Waals surface area contributed by atoms with E-state index in [1.165, 1.54) is 12.1 Å². The SMILES string of the molecule is CC[Si](CC)(OC(CNCC1(F)CC1)c1c(Cl)cc(F)cc1Cl)C(C)C. The molecule has 1 unspecified atom stereocenters. The van der Waals surface area contributed by atoms with E-state index in [0.717, 1.165) is 12.1 Å². The predicted molar refractivity (Wildman–Crippen MR) is 108 cm³/mol. The molecule has 0 heterocycles. The van der Waals surface area contributed by atoms with Gasteiger partial charge < -0.3 is 9.74 Å². The Labute approximate surface area is 166 Å². The summed E-state index contributed by atoms with van der Waals surface area (Å²) in [6.07, 6.45) is 0.767. The summed E-state index contributed by atoms with van der Waals surface area (Å²) in [5, 5.41) is 3.68. The highest BCUT2D eigenvalue weighted by molar-refractivity contribution is 6.75. The predicted octanol–water partition coefficient (Wildman–Crippen LogP) is 6.68. The van der Waals surface area contributed by atoms with Crippen molar-refractivity contribution >= 4 is 31.5 Å². The summed E-state index contributed by atoms with van der Waals surface area (Å²) in [6, 6.07) is 4.43. The molecule has 148 valence electrons. The number of halogens is 4. The van der Waals surface area contributed by atoms with Crippen molar-refractivity contribution in [1.82, 2.24) is 5.32 Å². The Bertz CT molecular complexity index is 599. The van der Waals surface area contributed by atoms with Crippen LogP contribution in [0.15, 0.2) is 12.1 Å². The van der Waals surface area contributed by atoms with E-state index in [2.05, 4.69) is 33.0 Å². The van der Waals surface area contributed by atoms with E-state index in [1.807, 2.05) is 0 Å². The van der Waals surface area contributed by atoms with Crippen LogP contribution < -0.4 is 5.32 Å². The molecule has 0 saturated heterocycles. The summed E-state index contributed by atoms with van der Waals surface area (Å²) in [5.41, 5.74) is -0.0949. The van der Waals surface area contributed by atoms with Crippen LogP contribution in [0.2, 0.25) is 27.7 Å². The number of rotatable bonds is 10. The maximum absolute atomic E-state index is 14.0. The van der Waals surface area contributed by atoms with E-state index in [4.69, 9.17) is 27.6 Å². The number of hydrogen-bond acceptors (Lipinski definition) is 2. The Kier molecular flexibility index (Phi) is 7.53. The van der Waals surface area contributed by atoms with Crippen molar-refractivity contribution in [1.29, 1.82) is 0 Å². The minimum Gasteiger partial charge on any atom is -0.408 e. The summed E-state index contributed by atoms with van der Waals surface area (Å²) in [4.78, 5) is 0. The van der Waals surface area contributed by atoms with Crippen LogP contribution in [0.1, 0.15) is 52.2 Å². The van der Waals surface area contributed by atoms with Crippen molar-refractivity contribution in [3.8, 4) is 0 Å². The van der Waals surface area contributed by atoms with E-state index in [-0.39, 0.29) is 16.6 Å². The molecule has 1 N–H and O–H groups in total. The average molecular weight is 424 g/mol. The Balaban J connectivity index is 2.29. The first kappa shape index (κ1) is 22.1. The van der Waals surface area contributed by atoms with Crippen LogP contribution in [0.5, 0.6) is 0 Å². The van der Waals surface area contributed by atoms with E-state index in [9.17, 15) is 8.78 Å². The lowest BCUT2D eigenvalue weighted by molar-refractivity contribution is 0.175. The second-order valence-electron chi connectivity index (χ2n) is 7.60. The summed E-state index contributed by atoms with van der Waals surface area (Å²) in [6.45, 7) is 9.34. The molecule has 1 aromatic rings. The smallest absolute Gasteiger partial charge is 0.195 e. The van der Waals surface area contributed by atoms with Crippen molar-refractivity contribution in [3.05, 3.63) is 33.6 Å². The van der Waals surface area contributed by atoms with Crippen LogP contribution in [0.4, 0.5) is 8.78 Å². The molecule has 1 saturated carbocycles. The van der Waals surface area contributed by atoms with Gasteiger partial charge in [-0.2, -0.15) is 0 Å². The van der Waals surface area contributed by atoms with Crippen LogP contribution in [0.3, 0.4) is 0 Å². The first-order chi connectivity index (χ1) is 12.2. The molecule has 1 atom stereocenters. The lowest BCUT2D eigenvalue weighted by atomic mass is 10.1. The summed E-state index contributed by atoms with van der Waals surface area (Å²) < 4.78 is 34.3. The van der Waals surface area contributed by atoms with E-state index < -0.39 is 25.9 Å². The second-order valence-corrected chi connectivity index (χ2v) is 13.3. The number of benzene rings is 1. The maximum Gasteiger partial charge on any atom is 0.195 e. The highest BCUT2D eigenvalue weighted by Gasteiger charge is 2.43. The van der Waals surface area contributed by atoms with Gasteiger partial charge in [0.15, 0.2) is 8.32 Å². The molecule has 0 aromatic heterocycles. The van der Waals surface area contributed by atoms with Crippen LogP contribution >= 0.6 is 23.2 Å². The lowest BCUT2D eigenvalue weighted by Crippen LogP contribution is -2.43. The minimum atomic E-state index is -2.05. The molecule has 1 aliphatic rings. The molecule has 0 spiro atoms. The zero-order chi connectivity index (χ0) is 19.5. The molecule has 1 aliphatic carbocycles. The molecule has 7 heteroatoms. The standard InChI is InChI=1S/C19H29Cl2F2NOSi/c1-5-26(6-2,13(3)4)25-17(11-24-12-19(23)7-8-19)18-15(20)9-14(22)10-16(18)21/h9-10,13,17,24H,5-8,11-12H2,1-4H3. The van der Waals surface area contributed by atoms with Crippen molar-refractivity contribution < 1.29 is 13.2 Å². The molecular formula is C19H29Cl2F2NOSi. The van der Waals surface area contributed by atoms with Gasteiger partial charge in [0.1, 0.15) is 11.5 Å². The van der Waals surface area contributed by atoms with Gasteiger partial charge in [-0.15, -0.1) is 0 Å². The topological polar surface area (TPSA) is 21.3 Å². The van der Waals surface area contributed by atoms with Crippen LogP contribution in [0, 0.1) is 5.82 Å². The van der Waals surface area contributed by atoms with E-state index in [1.54, 1.807) is 0 Å². The van der Waals surface area contributed by atoms with Gasteiger partial charge in [0.05, 0.1) is 16.1 Å². The second kappa shape index (κ2) is 8.87. The fourth-order valence-electron chi connectivity index (χ4n) is 3.46. The number of hydrogen-bond donors (Lipinski definition) is 1. The monoisotopic (exact) mass is 423 g/mol. The zero-order valence-electron chi connectivity index (χ0n) is 16.0. The van der Waals surface area contributed by atoms with Gasteiger partial charge in [0.25, 0.3) is 0 Å². The summed E-state index contributed by atoms with van der Waals surface area (Å²) in [7, 11) is -2.05. The fraction of sp³-hybridized carbons (Fsp3) is 0.684. The number of alkyl halides is 1. The third kappa shape index (κ3) is 5.19. The van der Waals surface area contributed by atoms with Crippen molar-refractivity contribution in [3.63, 3.8) is 0 Å². The van der Waals surface area contributed by atoms with Gasteiger partial charge in [-0.1, -0.05) is 50.9 Å². The minimum absolute atomic E-state index is 0.252. The molecule has 2 rings (SSSR count). The molecule has 0 bridgehead atoms. The summed E-state index contributed by atoms with van der Waals surface area (Å²) >= 11 is 12.6. The highest BCUT2D eigenvalue weighted by atomic mass is 35.5. The third-order valence-electron chi connectivity index (χ3n) is 5.56. The first-order valence-electron chi connectivity index (χ1n) is 9.38. The average Bonchev–Trinajstić information content (AvgIpc) is 3.28. The van der Waals surface area contributed by atoms with E-state index in [0.29, 0.717) is 30.5 Å². The molecule has 2 nitrogen and oxygen atoms in total. The Morgan fingerprint density at radius 3 is 2.15 bits per heavy atom. The molecular weight excluding hydrogens is 395 g/mol. The van der Waals surface area contributed by atoms with Gasteiger partial charge in [0.2, 0.25) is 0 Å². The quantitative estimate of drug-likeness (QED) is 0.423. The first-order valence-corrected chi connectivity index (χ1v) is 12.5. The van der Waals surface area contributed by atoms with Gasteiger partial charge in [-0.25, -0.2) is 8.78 Å². The van der Waals surface area contributed by atoms with Gasteiger partial charge in [-0.05, 0) is 42.6 Å². The lowest BCUT2D eigenvalue weighted by Gasteiger charge is -2.38. The molecule has 1 fully saturated rings. The molecule has 1 aromatic carbocycles. The molecule has 0 aliphatic heterocycles. The Morgan fingerprint density at radius 2 is 1.73 bits per heavy atom. The number of nitrogens with one attached hydrogen (secondary N) is 1. The van der Waals surface area contributed by atoms with E-state index >= 15 is 0 Å². The normalized spacial score (nSPS) is 17.6. The van der Waals surface area contributed by atoms with Crippen molar-refractivity contribution in [2.45, 2.75) is 69.9 Å². The zero-order valence-corrected chi connectivity index (χ0v) is 18.5. The maximum atomic E-state index is 14.0. The largest absolute Gasteiger partial charge is 0.408 e. The third-order valence-corrected chi connectivity index (χ3v) is 11.4. The Hall–Kier alpha value is -0.203. The van der Waals surface area contributed by atoms with Crippen LogP contribution in [-0.4, -0.2) is 27.1 Å².